The SMILES string of the molecule is Cc1[nH]nc(NCCNc2n[nH]c(C)c2C)c1C. The average Bonchev–Trinajstić information content (AvgIpc) is 2.83. The van der Waals surface area contributed by atoms with Crippen molar-refractivity contribution in [3.8, 4) is 0 Å². The van der Waals surface area contributed by atoms with Crippen molar-refractivity contribution in [2.75, 3.05) is 23.7 Å². The fourth-order valence-electron chi connectivity index (χ4n) is 1.68. The molecule has 0 aromatic carbocycles. The van der Waals surface area contributed by atoms with Crippen LogP contribution in [0.5, 0.6) is 0 Å². The van der Waals surface area contributed by atoms with Gasteiger partial charge < -0.3 is 10.6 Å². The quantitative estimate of drug-likeness (QED) is 0.609. The number of hydrogen-bond donors (Lipinski definition) is 4. The topological polar surface area (TPSA) is 81.4 Å². The number of nitrogens with zero attached hydrogens (tertiary/aromatic N) is 2. The fourth-order valence-corrected chi connectivity index (χ4v) is 1.68. The number of anilines is 2. The molecule has 6 heteroatoms. The van der Waals surface area contributed by atoms with Crippen LogP contribution in [-0.4, -0.2) is 33.5 Å². The van der Waals surface area contributed by atoms with Crippen molar-refractivity contribution in [3.63, 3.8) is 0 Å². The van der Waals surface area contributed by atoms with Gasteiger partial charge in [0.05, 0.1) is 0 Å². The van der Waals surface area contributed by atoms with Crippen molar-refractivity contribution >= 4 is 11.6 Å². The van der Waals surface area contributed by atoms with Crippen LogP contribution in [0.3, 0.4) is 0 Å². The monoisotopic (exact) mass is 248 g/mol. The second-order valence-electron chi connectivity index (χ2n) is 4.50. The fraction of sp³-hybridized carbons (Fsp3) is 0.500. The lowest BCUT2D eigenvalue weighted by Crippen LogP contribution is -2.15. The number of aromatic nitrogens is 4. The molecule has 18 heavy (non-hydrogen) atoms. The lowest BCUT2D eigenvalue weighted by molar-refractivity contribution is 0.996. The number of nitrogens with one attached hydrogen (secondary N) is 4. The van der Waals surface area contributed by atoms with E-state index in [-0.39, 0.29) is 0 Å². The van der Waals surface area contributed by atoms with Gasteiger partial charge in [0, 0.05) is 35.6 Å². The first kappa shape index (κ1) is 12.5. The third kappa shape index (κ3) is 2.47. The maximum Gasteiger partial charge on any atom is 0.151 e. The smallest absolute Gasteiger partial charge is 0.151 e. The van der Waals surface area contributed by atoms with E-state index in [1.54, 1.807) is 0 Å². The van der Waals surface area contributed by atoms with Gasteiger partial charge in [0.1, 0.15) is 0 Å². The van der Waals surface area contributed by atoms with E-state index in [0.29, 0.717) is 0 Å². The van der Waals surface area contributed by atoms with Gasteiger partial charge in [-0.3, -0.25) is 10.2 Å². The standard InChI is InChI=1S/C12H20N6/c1-7-9(3)15-17-11(7)13-5-6-14-12-8(2)10(4)16-18-12/h5-6H2,1-4H3,(H2,13,15,17)(H2,14,16,18). The Balaban J connectivity index is 1.80. The summed E-state index contributed by atoms with van der Waals surface area (Å²) in [6, 6.07) is 0. The molecule has 2 aromatic rings. The summed E-state index contributed by atoms with van der Waals surface area (Å²) >= 11 is 0. The summed E-state index contributed by atoms with van der Waals surface area (Å²) in [5.74, 6) is 1.84. The first-order chi connectivity index (χ1) is 8.59. The predicted octanol–water partition coefficient (Wildman–Crippen LogP) is 1.89. The van der Waals surface area contributed by atoms with Gasteiger partial charge in [0.25, 0.3) is 0 Å². The van der Waals surface area contributed by atoms with Crippen molar-refractivity contribution in [1.29, 1.82) is 0 Å². The Kier molecular flexibility index (Phi) is 3.55. The van der Waals surface area contributed by atoms with Gasteiger partial charge in [-0.15, -0.1) is 0 Å². The molecule has 0 amide bonds. The van der Waals surface area contributed by atoms with Gasteiger partial charge in [-0.05, 0) is 27.7 Å². The Labute approximate surface area is 107 Å². The molecule has 0 radical (unpaired) electrons. The second-order valence-corrected chi connectivity index (χ2v) is 4.50. The predicted molar refractivity (Wildman–Crippen MR) is 73.1 cm³/mol. The van der Waals surface area contributed by atoms with Crippen LogP contribution in [-0.2, 0) is 0 Å². The van der Waals surface area contributed by atoms with Gasteiger partial charge in [-0.1, -0.05) is 0 Å². The lowest BCUT2D eigenvalue weighted by Gasteiger charge is -2.06. The van der Waals surface area contributed by atoms with Crippen molar-refractivity contribution in [2.24, 2.45) is 0 Å². The van der Waals surface area contributed by atoms with E-state index in [0.717, 1.165) is 36.1 Å². The van der Waals surface area contributed by atoms with Crippen LogP contribution in [0.15, 0.2) is 0 Å². The Morgan fingerprint density at radius 1 is 0.778 bits per heavy atom. The van der Waals surface area contributed by atoms with Crippen LogP contribution in [0.25, 0.3) is 0 Å². The minimum atomic E-state index is 0.802. The molecular formula is C12H20N6. The first-order valence-electron chi connectivity index (χ1n) is 6.10. The third-order valence-electron chi connectivity index (χ3n) is 3.22. The zero-order chi connectivity index (χ0) is 13.1. The van der Waals surface area contributed by atoms with E-state index in [1.165, 1.54) is 11.1 Å². The first-order valence-corrected chi connectivity index (χ1v) is 6.10. The molecule has 0 spiro atoms. The summed E-state index contributed by atoms with van der Waals surface area (Å²) in [7, 11) is 0. The van der Waals surface area contributed by atoms with Crippen LogP contribution in [0, 0.1) is 27.7 Å². The molecule has 0 bridgehead atoms. The molecular weight excluding hydrogens is 228 g/mol. The van der Waals surface area contributed by atoms with Crippen molar-refractivity contribution < 1.29 is 0 Å². The summed E-state index contributed by atoms with van der Waals surface area (Å²) < 4.78 is 0. The highest BCUT2D eigenvalue weighted by atomic mass is 15.2. The molecule has 0 fully saturated rings. The van der Waals surface area contributed by atoms with Crippen LogP contribution >= 0.6 is 0 Å². The Morgan fingerprint density at radius 2 is 1.17 bits per heavy atom. The largest absolute Gasteiger partial charge is 0.367 e. The van der Waals surface area contributed by atoms with E-state index in [1.807, 2.05) is 13.8 Å². The zero-order valence-corrected chi connectivity index (χ0v) is 11.3. The van der Waals surface area contributed by atoms with Crippen molar-refractivity contribution in [2.45, 2.75) is 27.7 Å². The normalized spacial score (nSPS) is 10.7. The number of aromatic amines is 2. The molecule has 0 unspecified atom stereocenters. The number of rotatable bonds is 5. The zero-order valence-electron chi connectivity index (χ0n) is 11.3. The molecule has 0 aliphatic heterocycles. The van der Waals surface area contributed by atoms with Crippen LogP contribution in [0.2, 0.25) is 0 Å². The Morgan fingerprint density at radius 3 is 1.44 bits per heavy atom. The minimum absolute atomic E-state index is 0.802. The molecule has 0 saturated heterocycles. The second kappa shape index (κ2) is 5.12. The van der Waals surface area contributed by atoms with Crippen LogP contribution < -0.4 is 10.6 Å². The molecule has 0 saturated carbocycles. The van der Waals surface area contributed by atoms with Crippen molar-refractivity contribution in [1.82, 2.24) is 20.4 Å². The molecule has 0 atom stereocenters. The number of aryl methyl sites for hydroxylation is 2. The molecule has 98 valence electrons. The van der Waals surface area contributed by atoms with Crippen molar-refractivity contribution in [3.05, 3.63) is 22.5 Å². The van der Waals surface area contributed by atoms with E-state index in [4.69, 9.17) is 0 Å². The maximum atomic E-state index is 4.20. The van der Waals surface area contributed by atoms with E-state index in [9.17, 15) is 0 Å². The highest BCUT2D eigenvalue weighted by Crippen LogP contribution is 2.14. The molecule has 6 nitrogen and oxygen atoms in total. The summed E-state index contributed by atoms with van der Waals surface area (Å²) in [4.78, 5) is 0. The van der Waals surface area contributed by atoms with Gasteiger partial charge in [0.2, 0.25) is 0 Å². The maximum absolute atomic E-state index is 4.20. The summed E-state index contributed by atoms with van der Waals surface area (Å²) in [5, 5.41) is 20.9. The third-order valence-corrected chi connectivity index (χ3v) is 3.22. The van der Waals surface area contributed by atoms with Gasteiger partial charge in [0.15, 0.2) is 11.6 Å². The highest BCUT2D eigenvalue weighted by molar-refractivity contribution is 5.47. The molecule has 2 heterocycles. The number of H-pyrrole nitrogens is 2. The minimum Gasteiger partial charge on any atom is -0.367 e. The van der Waals surface area contributed by atoms with Gasteiger partial charge >= 0.3 is 0 Å². The summed E-state index contributed by atoms with van der Waals surface area (Å²) in [6.45, 7) is 9.74. The Hall–Kier alpha value is -1.98. The van der Waals surface area contributed by atoms with Gasteiger partial charge in [-0.25, -0.2) is 0 Å². The lowest BCUT2D eigenvalue weighted by atomic mass is 10.3. The highest BCUT2D eigenvalue weighted by Gasteiger charge is 2.05. The van der Waals surface area contributed by atoms with Crippen LogP contribution in [0.4, 0.5) is 11.6 Å². The average molecular weight is 248 g/mol. The molecule has 0 aliphatic rings. The molecule has 2 rings (SSSR count). The Bertz CT molecular complexity index is 476. The summed E-state index contributed by atoms with van der Waals surface area (Å²) in [6.07, 6.45) is 0. The molecule has 0 aliphatic carbocycles. The molecule has 4 N–H and O–H groups in total. The van der Waals surface area contributed by atoms with E-state index < -0.39 is 0 Å². The van der Waals surface area contributed by atoms with Crippen LogP contribution in [0.1, 0.15) is 22.5 Å². The van der Waals surface area contributed by atoms with E-state index in [2.05, 4.69) is 44.9 Å². The number of hydrogen-bond acceptors (Lipinski definition) is 4. The summed E-state index contributed by atoms with van der Waals surface area (Å²) in [5.41, 5.74) is 4.54. The van der Waals surface area contributed by atoms with Gasteiger partial charge in [-0.2, -0.15) is 10.2 Å². The molecule has 2 aromatic heterocycles. The van der Waals surface area contributed by atoms with E-state index >= 15 is 0 Å².